The highest BCUT2D eigenvalue weighted by atomic mass is 32.2. The van der Waals surface area contributed by atoms with Crippen molar-refractivity contribution in [3.05, 3.63) is 43.0 Å². The van der Waals surface area contributed by atoms with E-state index in [-0.39, 0.29) is 19.1 Å². The molecule has 2 heterocycles. The van der Waals surface area contributed by atoms with Gasteiger partial charge in [-0.3, -0.25) is 23.4 Å². The Morgan fingerprint density at radius 3 is 2.31 bits per heavy atom. The van der Waals surface area contributed by atoms with Gasteiger partial charge in [-0.25, -0.2) is 9.36 Å². The lowest BCUT2D eigenvalue weighted by molar-refractivity contribution is -0.0288. The predicted octanol–water partition coefficient (Wildman–Crippen LogP) is 8.73. The second-order valence-corrected chi connectivity index (χ2v) is 15.9. The summed E-state index contributed by atoms with van der Waals surface area (Å²) < 4.78 is 36.2. The van der Waals surface area contributed by atoms with Gasteiger partial charge in [0.2, 0.25) is 0 Å². The highest BCUT2D eigenvalue weighted by molar-refractivity contribution is 7.99. The summed E-state index contributed by atoms with van der Waals surface area (Å²) in [5.74, 6) is 1.14. The summed E-state index contributed by atoms with van der Waals surface area (Å²) in [6.07, 6.45) is 19.5. The fourth-order valence-corrected chi connectivity index (χ4v) is 8.02. The number of nitrogens with zero attached hydrogens (tertiary/aromatic N) is 4. The van der Waals surface area contributed by atoms with E-state index in [1.807, 2.05) is 11.8 Å². The van der Waals surface area contributed by atoms with Crippen LogP contribution in [0.3, 0.4) is 0 Å². The molecule has 3 unspecified atom stereocenters. The van der Waals surface area contributed by atoms with Crippen molar-refractivity contribution in [2.45, 2.75) is 167 Å². The minimum atomic E-state index is -4.44. The van der Waals surface area contributed by atoms with Crippen molar-refractivity contribution in [2.75, 3.05) is 25.6 Å². The Balaban J connectivity index is 1.74. The average molecular weight is 732 g/mol. The van der Waals surface area contributed by atoms with Crippen molar-refractivity contribution in [3.8, 4) is 0 Å². The minimum Gasteiger partial charge on any atom is -0.377 e. The Hall–Kier alpha value is -1.63. The van der Waals surface area contributed by atoms with Crippen molar-refractivity contribution in [3.63, 3.8) is 0 Å². The highest BCUT2D eigenvalue weighted by Crippen LogP contribution is 2.44. The van der Waals surface area contributed by atoms with E-state index in [0.29, 0.717) is 23.8 Å². The van der Waals surface area contributed by atoms with Gasteiger partial charge in [-0.05, 0) is 44.4 Å². The number of aryl methyl sites for hydroxylation is 1. The maximum atomic E-state index is 12.6. The normalized spacial score (nSPS) is 20.1. The topological polar surface area (TPSA) is 178 Å². The molecule has 0 aliphatic carbocycles. The number of ether oxygens (including phenoxy) is 2. The number of aromatic nitrogens is 2. The number of phosphoric acid groups is 1. The zero-order chi connectivity index (χ0) is 35.9. The standard InChI is InChI=1S/C34H62N5O8PS/c1-5-7-9-11-12-13-14-16-18-23-49-31(20-17-15-10-8-6-2)28(4)44-21-19-22-45-48(42,43)46-26-30-29(37-38-35)24-32(47-30)39-25-27(3)33(40)36-34(39)41/h25,28-32H,5-24,26H2,1-4H3,(H,42,43)(H,36,40,41)/t28?,29-,30+,31?,32+/m0/s1. The molecule has 0 spiro atoms. The quantitative estimate of drug-likeness (QED) is 0.0268. The molecule has 0 saturated carbocycles. The van der Waals surface area contributed by atoms with E-state index in [2.05, 4.69) is 35.8 Å². The first kappa shape index (κ1) is 43.5. The van der Waals surface area contributed by atoms with Crippen molar-refractivity contribution < 1.29 is 28.0 Å². The summed E-state index contributed by atoms with van der Waals surface area (Å²) in [5.41, 5.74) is 8.11. The third-order valence-electron chi connectivity index (χ3n) is 8.88. The van der Waals surface area contributed by atoms with Gasteiger partial charge in [0.1, 0.15) is 6.23 Å². The van der Waals surface area contributed by atoms with Crippen LogP contribution >= 0.6 is 19.6 Å². The molecule has 0 aromatic carbocycles. The van der Waals surface area contributed by atoms with Crippen LogP contribution in [0.5, 0.6) is 0 Å². The van der Waals surface area contributed by atoms with Gasteiger partial charge < -0.3 is 14.4 Å². The lowest BCUT2D eigenvalue weighted by atomic mass is 10.1. The van der Waals surface area contributed by atoms with Crippen LogP contribution in [0.4, 0.5) is 0 Å². The Labute approximate surface area is 296 Å². The van der Waals surface area contributed by atoms with Gasteiger partial charge in [-0.15, -0.1) is 0 Å². The van der Waals surface area contributed by atoms with Crippen LogP contribution in [-0.2, 0) is 23.1 Å². The summed E-state index contributed by atoms with van der Waals surface area (Å²) in [5, 5.41) is 4.12. The van der Waals surface area contributed by atoms with Crippen LogP contribution in [0, 0.1) is 6.92 Å². The SMILES string of the molecule is CCCCCCCCCCCSC(CCCCCCC)C(C)OCCCOP(=O)(O)OC[C@H]1O[C@@H](n2cc(C)c(=O)[nH]c2=O)C[C@@H]1N=[N+]=[N-]. The fraction of sp³-hybridized carbons (Fsp3) is 0.882. The number of H-pyrrole nitrogens is 1. The molecule has 0 bridgehead atoms. The van der Waals surface area contributed by atoms with E-state index in [0.717, 1.165) is 12.2 Å². The molecule has 1 fully saturated rings. The number of aromatic amines is 1. The smallest absolute Gasteiger partial charge is 0.377 e. The Morgan fingerprint density at radius 1 is 1.02 bits per heavy atom. The lowest BCUT2D eigenvalue weighted by Crippen LogP contribution is -2.33. The maximum absolute atomic E-state index is 12.6. The molecule has 15 heteroatoms. The van der Waals surface area contributed by atoms with E-state index in [9.17, 15) is 19.0 Å². The van der Waals surface area contributed by atoms with Gasteiger partial charge in [0.15, 0.2) is 0 Å². The summed E-state index contributed by atoms with van der Waals surface area (Å²) in [6, 6.07) is -0.762. The first-order valence-electron chi connectivity index (χ1n) is 18.5. The van der Waals surface area contributed by atoms with Crippen LogP contribution < -0.4 is 11.2 Å². The molecule has 0 radical (unpaired) electrons. The number of hydrogen-bond donors (Lipinski definition) is 2. The van der Waals surface area contributed by atoms with Crippen LogP contribution in [0.2, 0.25) is 0 Å². The summed E-state index contributed by atoms with van der Waals surface area (Å²) in [4.78, 5) is 39.3. The second kappa shape index (κ2) is 25.3. The molecule has 1 saturated heterocycles. The van der Waals surface area contributed by atoms with Gasteiger partial charge in [-0.2, -0.15) is 11.8 Å². The number of thioether (sulfide) groups is 1. The Morgan fingerprint density at radius 2 is 1.65 bits per heavy atom. The second-order valence-electron chi connectivity index (χ2n) is 13.1. The highest BCUT2D eigenvalue weighted by Gasteiger charge is 2.38. The molecule has 1 aromatic heterocycles. The Kier molecular flexibility index (Phi) is 22.5. The van der Waals surface area contributed by atoms with Gasteiger partial charge >= 0.3 is 13.5 Å². The summed E-state index contributed by atoms with van der Waals surface area (Å²) >= 11 is 2.02. The largest absolute Gasteiger partial charge is 0.472 e. The minimum absolute atomic E-state index is 0.0340. The summed E-state index contributed by atoms with van der Waals surface area (Å²) in [6.45, 7) is 8.12. The average Bonchev–Trinajstić information content (AvgIpc) is 3.47. The first-order valence-corrected chi connectivity index (χ1v) is 21.0. The summed E-state index contributed by atoms with van der Waals surface area (Å²) in [7, 11) is -4.44. The van der Waals surface area contributed by atoms with E-state index >= 15 is 0 Å². The van der Waals surface area contributed by atoms with Crippen molar-refractivity contribution in [2.24, 2.45) is 5.11 Å². The molecular formula is C34H62N5O8PS. The van der Waals surface area contributed by atoms with E-state index in [1.54, 1.807) is 6.92 Å². The van der Waals surface area contributed by atoms with E-state index in [1.165, 1.54) is 101 Å². The van der Waals surface area contributed by atoms with E-state index < -0.39 is 44.1 Å². The molecule has 1 aliphatic heterocycles. The number of phosphoric ester groups is 1. The maximum Gasteiger partial charge on any atom is 0.472 e. The lowest BCUT2D eigenvalue weighted by Gasteiger charge is -2.24. The number of unbranched alkanes of at least 4 members (excludes halogenated alkanes) is 12. The molecule has 2 N–H and O–H groups in total. The molecule has 2 rings (SSSR count). The Bertz CT molecular complexity index is 1260. The zero-order valence-corrected chi connectivity index (χ0v) is 32.0. The monoisotopic (exact) mass is 731 g/mol. The van der Waals surface area contributed by atoms with Crippen molar-refractivity contribution in [1.29, 1.82) is 0 Å². The third kappa shape index (κ3) is 17.9. The predicted molar refractivity (Wildman–Crippen MR) is 196 cm³/mol. The van der Waals surface area contributed by atoms with Gasteiger partial charge in [0.05, 0.1) is 31.5 Å². The van der Waals surface area contributed by atoms with Gasteiger partial charge in [0.25, 0.3) is 5.56 Å². The van der Waals surface area contributed by atoms with Crippen LogP contribution in [0.1, 0.15) is 142 Å². The van der Waals surface area contributed by atoms with Crippen LogP contribution in [-0.4, -0.2) is 63.5 Å². The molecule has 49 heavy (non-hydrogen) atoms. The van der Waals surface area contributed by atoms with Crippen LogP contribution in [0.25, 0.3) is 10.4 Å². The first-order chi connectivity index (χ1) is 23.6. The number of rotatable bonds is 29. The molecular weight excluding hydrogens is 669 g/mol. The molecule has 1 aliphatic rings. The molecule has 1 aromatic rings. The van der Waals surface area contributed by atoms with Gasteiger partial charge in [0, 0.05) is 34.9 Å². The van der Waals surface area contributed by atoms with E-state index in [4.69, 9.17) is 24.1 Å². The number of hydrogen-bond acceptors (Lipinski definition) is 9. The fourth-order valence-electron chi connectivity index (χ4n) is 5.89. The van der Waals surface area contributed by atoms with Crippen molar-refractivity contribution >= 4 is 19.6 Å². The molecule has 282 valence electrons. The third-order valence-corrected chi connectivity index (χ3v) is 11.4. The zero-order valence-electron chi connectivity index (χ0n) is 30.3. The molecule has 13 nitrogen and oxygen atoms in total. The van der Waals surface area contributed by atoms with Gasteiger partial charge in [-0.1, -0.05) is 102 Å². The van der Waals surface area contributed by atoms with Crippen molar-refractivity contribution in [1.82, 2.24) is 9.55 Å². The molecule has 0 amide bonds. The number of nitrogens with one attached hydrogen (secondary N) is 1. The number of azide groups is 1. The molecule has 6 atom stereocenters. The van der Waals surface area contributed by atoms with Crippen LogP contribution in [0.15, 0.2) is 20.9 Å².